The maximum absolute atomic E-state index is 13.4. The van der Waals surface area contributed by atoms with E-state index in [2.05, 4.69) is 41.7 Å². The molecule has 4 aromatic rings. The molecule has 1 saturated heterocycles. The van der Waals surface area contributed by atoms with Crippen molar-refractivity contribution in [1.29, 1.82) is 0 Å². The quantitative estimate of drug-likeness (QED) is 0.395. The second-order valence-electron chi connectivity index (χ2n) is 7.45. The molecular weight excluding hydrogens is 530 g/mol. The van der Waals surface area contributed by atoms with Crippen LogP contribution in [-0.4, -0.2) is 53.7 Å². The van der Waals surface area contributed by atoms with E-state index in [0.29, 0.717) is 21.1 Å². The summed E-state index contributed by atoms with van der Waals surface area (Å²) < 4.78 is 3.33. The van der Waals surface area contributed by atoms with Gasteiger partial charge in [0.1, 0.15) is 10.3 Å². The third-order valence-corrected chi connectivity index (χ3v) is 7.12. The Morgan fingerprint density at radius 3 is 2.76 bits per heavy atom. The van der Waals surface area contributed by atoms with Crippen LogP contribution in [0.25, 0.3) is 11.3 Å². The number of amides is 2. The van der Waals surface area contributed by atoms with Gasteiger partial charge in [0.15, 0.2) is 11.5 Å². The molecule has 5 heterocycles. The molecular formula is C21H17BrClN7O2S. The van der Waals surface area contributed by atoms with Crippen LogP contribution in [0.1, 0.15) is 26.5 Å². The Morgan fingerprint density at radius 1 is 1.21 bits per heavy atom. The number of thioether (sulfide) groups is 1. The number of carbonyl (C=O) groups is 2. The lowest BCUT2D eigenvalue weighted by atomic mass is 10.1. The number of aryl methyl sites for hydroxylation is 1. The summed E-state index contributed by atoms with van der Waals surface area (Å²) in [4.78, 5) is 30.8. The summed E-state index contributed by atoms with van der Waals surface area (Å²) in [5, 5.41) is 14.9. The van der Waals surface area contributed by atoms with E-state index >= 15 is 0 Å². The Balaban J connectivity index is 1.56. The van der Waals surface area contributed by atoms with Crippen molar-refractivity contribution in [1.82, 2.24) is 29.7 Å². The minimum atomic E-state index is -0.474. The van der Waals surface area contributed by atoms with Crippen LogP contribution in [0.15, 0.2) is 47.3 Å². The van der Waals surface area contributed by atoms with E-state index in [-0.39, 0.29) is 23.3 Å². The highest BCUT2D eigenvalue weighted by Gasteiger charge is 2.27. The van der Waals surface area contributed by atoms with Crippen LogP contribution in [0.5, 0.6) is 0 Å². The van der Waals surface area contributed by atoms with E-state index in [1.165, 1.54) is 9.20 Å². The van der Waals surface area contributed by atoms with Gasteiger partial charge in [0.2, 0.25) is 0 Å². The Labute approximate surface area is 206 Å². The first-order chi connectivity index (χ1) is 15.9. The topological polar surface area (TPSA) is 106 Å². The number of nitrogens with zero attached hydrogens (tertiary/aromatic N) is 5. The van der Waals surface area contributed by atoms with E-state index in [4.69, 9.17) is 11.6 Å². The van der Waals surface area contributed by atoms with Gasteiger partial charge < -0.3 is 10.6 Å². The van der Waals surface area contributed by atoms with Crippen molar-refractivity contribution in [3.63, 3.8) is 0 Å². The molecule has 0 bridgehead atoms. The summed E-state index contributed by atoms with van der Waals surface area (Å²) in [7, 11) is 0. The number of fused-ring (bicyclic) bond motifs is 1. The van der Waals surface area contributed by atoms with Crippen LogP contribution in [0.4, 0.5) is 5.69 Å². The molecule has 0 aromatic carbocycles. The number of carbonyl (C=O) groups excluding carboxylic acids is 2. The van der Waals surface area contributed by atoms with Gasteiger partial charge in [-0.3, -0.25) is 9.59 Å². The van der Waals surface area contributed by atoms with E-state index < -0.39 is 5.91 Å². The molecule has 5 rings (SSSR count). The van der Waals surface area contributed by atoms with Gasteiger partial charge in [0, 0.05) is 29.8 Å². The van der Waals surface area contributed by atoms with Crippen LogP contribution in [-0.2, 0) is 0 Å². The molecule has 2 N–H and O–H groups in total. The fourth-order valence-corrected chi connectivity index (χ4v) is 4.74. The fraction of sp³-hybridized carbons (Fsp3) is 0.190. The predicted molar refractivity (Wildman–Crippen MR) is 131 cm³/mol. The molecule has 0 aliphatic carbocycles. The van der Waals surface area contributed by atoms with Crippen LogP contribution in [0, 0.1) is 6.92 Å². The molecule has 1 aliphatic rings. The molecule has 0 unspecified atom stereocenters. The first kappa shape index (κ1) is 21.9. The first-order valence-corrected chi connectivity index (χ1v) is 12.3. The van der Waals surface area contributed by atoms with Crippen molar-refractivity contribution < 1.29 is 9.59 Å². The van der Waals surface area contributed by atoms with Gasteiger partial charge >= 0.3 is 0 Å². The molecule has 4 aromatic heterocycles. The number of hydrogen-bond acceptors (Lipinski definition) is 6. The normalized spacial score (nSPS) is 13.7. The second kappa shape index (κ2) is 8.81. The predicted octanol–water partition coefficient (Wildman–Crippen LogP) is 3.74. The number of rotatable bonds is 5. The van der Waals surface area contributed by atoms with Gasteiger partial charge in [-0.05, 0) is 52.7 Å². The average molecular weight is 547 g/mol. The lowest BCUT2D eigenvalue weighted by Crippen LogP contribution is -2.44. The Bertz CT molecular complexity index is 1400. The SMILES string of the molecule is Cc1cc2ccnn2c(C(=O)NC2CSC2)c1NC(=O)c1cc(Br)nn1-c1ncccc1Cl. The Kier molecular flexibility index (Phi) is 5.85. The Hall–Kier alpha value is -2.89. The molecule has 12 heteroatoms. The second-order valence-corrected chi connectivity index (χ2v) is 9.75. The summed E-state index contributed by atoms with van der Waals surface area (Å²) in [6.45, 7) is 1.83. The standard InChI is InChI=1S/C21H17BrClN7O2S/c1-11-7-13-4-6-25-29(13)18(21(32)26-12-9-33-10-12)17(11)27-20(31)15-8-16(22)28-30(15)19-14(23)3-2-5-24-19/h2-8,12H,9-10H2,1H3,(H,26,32)(H,27,31). The molecule has 1 aliphatic heterocycles. The van der Waals surface area contributed by atoms with Crippen molar-refractivity contribution in [2.45, 2.75) is 13.0 Å². The summed E-state index contributed by atoms with van der Waals surface area (Å²) >= 11 is 11.4. The van der Waals surface area contributed by atoms with E-state index in [1.54, 1.807) is 42.4 Å². The number of aromatic nitrogens is 5. The minimum absolute atomic E-state index is 0.0980. The molecule has 0 saturated carbocycles. The largest absolute Gasteiger partial charge is 0.346 e. The van der Waals surface area contributed by atoms with E-state index in [9.17, 15) is 9.59 Å². The van der Waals surface area contributed by atoms with E-state index in [1.807, 2.05) is 19.1 Å². The van der Waals surface area contributed by atoms with Crippen molar-refractivity contribution >= 4 is 62.3 Å². The van der Waals surface area contributed by atoms with Crippen LogP contribution < -0.4 is 10.6 Å². The Morgan fingerprint density at radius 2 is 2.03 bits per heavy atom. The van der Waals surface area contributed by atoms with Crippen molar-refractivity contribution in [3.8, 4) is 5.82 Å². The van der Waals surface area contributed by atoms with Gasteiger partial charge in [-0.15, -0.1) is 0 Å². The monoisotopic (exact) mass is 545 g/mol. The molecule has 1 fully saturated rings. The van der Waals surface area contributed by atoms with Gasteiger partial charge in [-0.1, -0.05) is 11.6 Å². The maximum atomic E-state index is 13.4. The van der Waals surface area contributed by atoms with Crippen molar-refractivity contribution in [3.05, 3.63) is 69.3 Å². The third kappa shape index (κ3) is 4.11. The lowest BCUT2D eigenvalue weighted by Gasteiger charge is -2.26. The number of halogens is 2. The highest BCUT2D eigenvalue weighted by atomic mass is 79.9. The van der Waals surface area contributed by atoms with Crippen molar-refractivity contribution in [2.75, 3.05) is 16.8 Å². The maximum Gasteiger partial charge on any atom is 0.274 e. The summed E-state index contributed by atoms with van der Waals surface area (Å²) in [6.07, 6.45) is 3.18. The number of hydrogen-bond donors (Lipinski definition) is 2. The van der Waals surface area contributed by atoms with Crippen LogP contribution in [0.2, 0.25) is 5.02 Å². The highest BCUT2D eigenvalue weighted by molar-refractivity contribution is 9.10. The molecule has 168 valence electrons. The smallest absolute Gasteiger partial charge is 0.274 e. The zero-order chi connectivity index (χ0) is 23.1. The summed E-state index contributed by atoms with van der Waals surface area (Å²) in [5.41, 5.74) is 2.32. The zero-order valence-electron chi connectivity index (χ0n) is 17.2. The molecule has 0 atom stereocenters. The van der Waals surface area contributed by atoms with Crippen LogP contribution >= 0.6 is 39.3 Å². The van der Waals surface area contributed by atoms with Gasteiger partial charge in [-0.25, -0.2) is 14.2 Å². The highest BCUT2D eigenvalue weighted by Crippen LogP contribution is 2.27. The molecule has 0 radical (unpaired) electrons. The number of nitrogens with one attached hydrogen (secondary N) is 2. The lowest BCUT2D eigenvalue weighted by molar-refractivity contribution is 0.0936. The van der Waals surface area contributed by atoms with Gasteiger partial charge in [0.25, 0.3) is 11.8 Å². The fourth-order valence-electron chi connectivity index (χ4n) is 3.52. The third-order valence-electron chi connectivity index (χ3n) is 5.16. The van der Waals surface area contributed by atoms with Crippen molar-refractivity contribution in [2.24, 2.45) is 0 Å². The summed E-state index contributed by atoms with van der Waals surface area (Å²) in [5.74, 6) is 1.27. The molecule has 9 nitrogen and oxygen atoms in total. The first-order valence-electron chi connectivity index (χ1n) is 9.96. The average Bonchev–Trinajstić information content (AvgIpc) is 3.37. The molecule has 2 amide bonds. The molecule has 0 spiro atoms. The number of anilines is 1. The van der Waals surface area contributed by atoms with Crippen LogP contribution in [0.3, 0.4) is 0 Å². The summed E-state index contributed by atoms with van der Waals surface area (Å²) in [6, 6.07) is 8.69. The van der Waals surface area contributed by atoms with Gasteiger partial charge in [0.05, 0.1) is 22.4 Å². The minimum Gasteiger partial charge on any atom is -0.346 e. The van der Waals surface area contributed by atoms with Gasteiger partial charge in [-0.2, -0.15) is 22.0 Å². The molecule has 33 heavy (non-hydrogen) atoms. The zero-order valence-corrected chi connectivity index (χ0v) is 20.4. The van der Waals surface area contributed by atoms with E-state index in [0.717, 1.165) is 22.6 Å². The number of pyridine rings is 2.